The zero-order valence-corrected chi connectivity index (χ0v) is 14.4. The number of anilines is 1. The summed E-state index contributed by atoms with van der Waals surface area (Å²) < 4.78 is 12.1. The van der Waals surface area contributed by atoms with Crippen LogP contribution in [0.1, 0.15) is 10.5 Å². The molecular weight excluding hydrogens is 342 g/mol. The van der Waals surface area contributed by atoms with E-state index in [4.69, 9.17) is 21.1 Å². The van der Waals surface area contributed by atoms with Crippen LogP contribution in [0.25, 0.3) is 5.69 Å². The van der Waals surface area contributed by atoms with Crippen molar-refractivity contribution in [1.29, 1.82) is 0 Å². The van der Waals surface area contributed by atoms with Gasteiger partial charge >= 0.3 is 0 Å². The zero-order valence-electron chi connectivity index (χ0n) is 13.7. The van der Waals surface area contributed by atoms with E-state index in [0.29, 0.717) is 22.2 Å². The second-order valence-corrected chi connectivity index (χ2v) is 5.56. The first kappa shape index (κ1) is 16.9. The van der Waals surface area contributed by atoms with Crippen molar-refractivity contribution < 1.29 is 14.3 Å². The molecule has 0 spiro atoms. The Labute approximate surface area is 149 Å². The monoisotopic (exact) mass is 357 g/mol. The van der Waals surface area contributed by atoms with E-state index in [0.717, 1.165) is 5.69 Å². The van der Waals surface area contributed by atoms with Crippen LogP contribution in [0.3, 0.4) is 0 Å². The summed E-state index contributed by atoms with van der Waals surface area (Å²) in [5.41, 5.74) is 1.44. The van der Waals surface area contributed by atoms with Crippen LogP contribution in [0, 0.1) is 0 Å². The molecule has 0 aliphatic carbocycles. The number of amides is 1. The van der Waals surface area contributed by atoms with E-state index >= 15 is 0 Å². The molecule has 0 fully saturated rings. The summed E-state index contributed by atoms with van der Waals surface area (Å²) >= 11 is 5.99. The molecule has 0 atom stereocenters. The van der Waals surface area contributed by atoms with Crippen molar-refractivity contribution >= 4 is 23.2 Å². The van der Waals surface area contributed by atoms with Gasteiger partial charge in [-0.1, -0.05) is 29.8 Å². The number of halogens is 1. The highest BCUT2D eigenvalue weighted by atomic mass is 35.5. The van der Waals surface area contributed by atoms with E-state index in [2.05, 4.69) is 10.4 Å². The molecule has 2 aromatic carbocycles. The van der Waals surface area contributed by atoms with Crippen molar-refractivity contribution in [3.05, 3.63) is 65.4 Å². The molecule has 1 heterocycles. The van der Waals surface area contributed by atoms with Gasteiger partial charge in [-0.15, -0.1) is 0 Å². The number of carbonyl (C=O) groups is 1. The summed E-state index contributed by atoms with van der Waals surface area (Å²) in [7, 11) is 3.01. The van der Waals surface area contributed by atoms with Crippen molar-refractivity contribution in [3.63, 3.8) is 0 Å². The van der Waals surface area contributed by atoms with Crippen molar-refractivity contribution in [2.24, 2.45) is 0 Å². The third kappa shape index (κ3) is 3.59. The first-order valence-corrected chi connectivity index (χ1v) is 7.84. The number of aromatic nitrogens is 2. The zero-order chi connectivity index (χ0) is 17.8. The van der Waals surface area contributed by atoms with Gasteiger partial charge in [0, 0.05) is 5.02 Å². The van der Waals surface area contributed by atoms with E-state index in [1.165, 1.54) is 14.2 Å². The minimum Gasteiger partial charge on any atom is -0.495 e. The van der Waals surface area contributed by atoms with E-state index < -0.39 is 5.91 Å². The van der Waals surface area contributed by atoms with Gasteiger partial charge in [-0.25, -0.2) is 4.68 Å². The summed E-state index contributed by atoms with van der Waals surface area (Å²) in [5, 5.41) is 7.57. The van der Waals surface area contributed by atoms with E-state index in [1.54, 1.807) is 29.1 Å². The Kier molecular flexibility index (Phi) is 4.90. The smallest absolute Gasteiger partial charge is 0.280 e. The summed E-state index contributed by atoms with van der Waals surface area (Å²) in [6.07, 6.45) is 1.65. The quantitative estimate of drug-likeness (QED) is 0.754. The molecule has 0 aliphatic rings. The maximum Gasteiger partial charge on any atom is 0.280 e. The molecule has 128 valence electrons. The first-order chi connectivity index (χ1) is 12.1. The number of methoxy groups -OCH3 is 2. The maximum absolute atomic E-state index is 12.7. The van der Waals surface area contributed by atoms with Gasteiger partial charge in [0.05, 0.1) is 31.8 Å². The Morgan fingerprint density at radius 2 is 1.80 bits per heavy atom. The molecule has 25 heavy (non-hydrogen) atoms. The molecule has 0 bridgehead atoms. The molecule has 1 aromatic heterocycles. The molecule has 1 amide bonds. The number of para-hydroxylation sites is 1. The standard InChI is InChI=1S/C18H16ClN3O3/c1-24-15-9-8-12(19)10-14(15)20-18(23)17-16(25-2)11-22(21-17)13-6-4-3-5-7-13/h3-11H,1-2H3,(H,20,23). The molecule has 7 heteroatoms. The average molecular weight is 358 g/mol. The Balaban J connectivity index is 1.92. The molecule has 0 aliphatic heterocycles. The second kappa shape index (κ2) is 7.27. The number of rotatable bonds is 5. The topological polar surface area (TPSA) is 65.4 Å². The van der Waals surface area contributed by atoms with Crippen LogP contribution in [0.15, 0.2) is 54.7 Å². The Bertz CT molecular complexity index is 894. The van der Waals surface area contributed by atoms with Gasteiger partial charge in [0.15, 0.2) is 11.4 Å². The lowest BCUT2D eigenvalue weighted by atomic mass is 10.2. The number of hydrogen-bond acceptors (Lipinski definition) is 4. The number of nitrogens with zero attached hydrogens (tertiary/aromatic N) is 2. The van der Waals surface area contributed by atoms with Crippen LogP contribution >= 0.6 is 11.6 Å². The molecule has 0 unspecified atom stereocenters. The van der Waals surface area contributed by atoms with Gasteiger partial charge in [-0.2, -0.15) is 5.10 Å². The number of nitrogens with one attached hydrogen (secondary N) is 1. The van der Waals surface area contributed by atoms with Gasteiger partial charge in [-0.3, -0.25) is 4.79 Å². The number of hydrogen-bond donors (Lipinski definition) is 1. The third-order valence-electron chi connectivity index (χ3n) is 3.55. The minimum atomic E-state index is -0.424. The summed E-state index contributed by atoms with van der Waals surface area (Å²) in [4.78, 5) is 12.7. The van der Waals surface area contributed by atoms with Crippen LogP contribution < -0.4 is 14.8 Å². The van der Waals surface area contributed by atoms with Crippen molar-refractivity contribution in [3.8, 4) is 17.2 Å². The highest BCUT2D eigenvalue weighted by Crippen LogP contribution is 2.29. The molecule has 0 radical (unpaired) electrons. The summed E-state index contributed by atoms with van der Waals surface area (Å²) in [6, 6.07) is 14.4. The summed E-state index contributed by atoms with van der Waals surface area (Å²) in [6.45, 7) is 0. The van der Waals surface area contributed by atoms with E-state index in [-0.39, 0.29) is 5.69 Å². The van der Waals surface area contributed by atoms with Gasteiger partial charge in [0.25, 0.3) is 5.91 Å². The minimum absolute atomic E-state index is 0.161. The lowest BCUT2D eigenvalue weighted by molar-refractivity contribution is 0.101. The fraction of sp³-hybridized carbons (Fsp3) is 0.111. The average Bonchev–Trinajstić information content (AvgIpc) is 3.07. The largest absolute Gasteiger partial charge is 0.495 e. The van der Waals surface area contributed by atoms with Crippen molar-refractivity contribution in [2.45, 2.75) is 0 Å². The fourth-order valence-corrected chi connectivity index (χ4v) is 2.51. The molecule has 6 nitrogen and oxygen atoms in total. The SMILES string of the molecule is COc1ccc(Cl)cc1NC(=O)c1nn(-c2ccccc2)cc1OC. The normalized spacial score (nSPS) is 10.4. The highest BCUT2D eigenvalue weighted by molar-refractivity contribution is 6.31. The number of carbonyl (C=O) groups excluding carboxylic acids is 1. The Morgan fingerprint density at radius 3 is 2.48 bits per heavy atom. The summed E-state index contributed by atoms with van der Waals surface area (Å²) in [5.74, 6) is 0.439. The van der Waals surface area contributed by atoms with Crippen molar-refractivity contribution in [1.82, 2.24) is 9.78 Å². The van der Waals surface area contributed by atoms with Crippen LogP contribution in [-0.2, 0) is 0 Å². The molecule has 3 rings (SSSR count). The van der Waals surface area contributed by atoms with Crippen LogP contribution in [0.5, 0.6) is 11.5 Å². The Hall–Kier alpha value is -2.99. The van der Waals surface area contributed by atoms with E-state index in [9.17, 15) is 4.79 Å². The molecular formula is C18H16ClN3O3. The number of benzene rings is 2. The molecule has 0 saturated carbocycles. The van der Waals surface area contributed by atoms with Crippen LogP contribution in [-0.4, -0.2) is 29.9 Å². The van der Waals surface area contributed by atoms with E-state index in [1.807, 2.05) is 30.3 Å². The third-order valence-corrected chi connectivity index (χ3v) is 3.78. The van der Waals surface area contributed by atoms with Gasteiger partial charge < -0.3 is 14.8 Å². The number of ether oxygens (including phenoxy) is 2. The predicted octanol–water partition coefficient (Wildman–Crippen LogP) is 3.80. The predicted molar refractivity (Wildman–Crippen MR) is 96.1 cm³/mol. The lowest BCUT2D eigenvalue weighted by Gasteiger charge is -2.10. The fourth-order valence-electron chi connectivity index (χ4n) is 2.34. The van der Waals surface area contributed by atoms with Crippen LogP contribution in [0.2, 0.25) is 5.02 Å². The van der Waals surface area contributed by atoms with Gasteiger partial charge in [0.2, 0.25) is 0 Å². The van der Waals surface area contributed by atoms with Gasteiger partial charge in [0.1, 0.15) is 5.75 Å². The van der Waals surface area contributed by atoms with Crippen LogP contribution in [0.4, 0.5) is 5.69 Å². The molecule has 0 saturated heterocycles. The molecule has 1 N–H and O–H groups in total. The maximum atomic E-state index is 12.7. The highest BCUT2D eigenvalue weighted by Gasteiger charge is 2.20. The first-order valence-electron chi connectivity index (χ1n) is 7.46. The molecule has 3 aromatic rings. The Morgan fingerprint density at radius 1 is 1.08 bits per heavy atom. The van der Waals surface area contributed by atoms with Crippen molar-refractivity contribution in [2.75, 3.05) is 19.5 Å². The lowest BCUT2D eigenvalue weighted by Crippen LogP contribution is -2.14. The second-order valence-electron chi connectivity index (χ2n) is 5.12. The van der Waals surface area contributed by atoms with Gasteiger partial charge in [-0.05, 0) is 30.3 Å².